The molecule has 0 fully saturated rings. The van der Waals surface area contributed by atoms with Crippen molar-refractivity contribution in [2.45, 2.75) is 39.8 Å². The van der Waals surface area contributed by atoms with Gasteiger partial charge in [0.25, 0.3) is 0 Å². The summed E-state index contributed by atoms with van der Waals surface area (Å²) in [5, 5.41) is 2.46. The summed E-state index contributed by atoms with van der Waals surface area (Å²) in [4.78, 5) is 10.3. The lowest BCUT2D eigenvalue weighted by molar-refractivity contribution is 0.585. The van der Waals surface area contributed by atoms with Gasteiger partial charge in [-0.05, 0) is 71.5 Å². The maximum Gasteiger partial charge on any atom is 0.220 e. The smallest absolute Gasteiger partial charge is 0.220 e. The number of rotatable bonds is 6. The average Bonchev–Trinajstić information content (AvgIpc) is 3.69. The average molecular weight is 553 g/mol. The van der Waals surface area contributed by atoms with Gasteiger partial charge in [-0.2, -0.15) is 0 Å². The Hall–Kier alpha value is -4.48. The fourth-order valence-electron chi connectivity index (χ4n) is 6.51. The number of allylic oxidation sites excluding steroid dienone is 2. The van der Waals surface area contributed by atoms with Crippen LogP contribution in [-0.4, -0.2) is 18.0 Å². The largest absolute Gasteiger partial charge is 0.437 e. The molecule has 1 aliphatic heterocycles. The molecule has 0 saturated heterocycles. The highest BCUT2D eigenvalue weighted by atomic mass is 28.3. The van der Waals surface area contributed by atoms with E-state index in [0.717, 1.165) is 57.2 Å². The molecular formula is C36H32N2O2Si. The number of hydrogen-bond donors (Lipinski definition) is 0. The van der Waals surface area contributed by atoms with Crippen molar-refractivity contribution in [2.24, 2.45) is 0 Å². The molecule has 0 spiro atoms. The first-order chi connectivity index (χ1) is 20.0. The molecule has 6 aromatic rings. The highest BCUT2D eigenvalue weighted by molar-refractivity contribution is 7.14. The molecule has 1 aliphatic rings. The summed E-state index contributed by atoms with van der Waals surface area (Å²) >= 11 is 0. The van der Waals surface area contributed by atoms with Crippen LogP contribution in [0.5, 0.6) is 0 Å². The van der Waals surface area contributed by atoms with Crippen LogP contribution in [0.2, 0.25) is 12.1 Å². The van der Waals surface area contributed by atoms with E-state index in [4.69, 9.17) is 18.8 Å². The fourth-order valence-corrected chi connectivity index (χ4v) is 11.2. The highest BCUT2D eigenvalue weighted by Crippen LogP contribution is 2.58. The van der Waals surface area contributed by atoms with E-state index in [-0.39, 0.29) is 0 Å². The Balaban J connectivity index is 1.63. The zero-order chi connectivity index (χ0) is 28.1. The third-order valence-electron chi connectivity index (χ3n) is 8.55. The summed E-state index contributed by atoms with van der Waals surface area (Å²) < 4.78 is 13.3. The molecule has 202 valence electrons. The standard InChI is InChI=1S/C36H32N2O2Si/c1-5-41(6-2)33(35-37-27-21-23(3)17-19-29(27)39-35)31(25-13-9-7-10-14-25)32(26-15-11-8-12-16-26)34(41)36-38-28-22-24(4)18-20-30(28)40-36/h7-22H,5-6H2,1-4H3. The van der Waals surface area contributed by atoms with Crippen LogP contribution in [0.15, 0.2) is 106 Å². The van der Waals surface area contributed by atoms with E-state index in [1.807, 2.05) is 12.1 Å². The first kappa shape index (κ1) is 25.5. The van der Waals surface area contributed by atoms with Crippen LogP contribution in [0.1, 0.15) is 47.9 Å². The summed E-state index contributed by atoms with van der Waals surface area (Å²) in [5.74, 6) is 1.44. The maximum absolute atomic E-state index is 6.65. The van der Waals surface area contributed by atoms with E-state index in [0.29, 0.717) is 0 Å². The van der Waals surface area contributed by atoms with E-state index in [1.54, 1.807) is 0 Å². The summed E-state index contributed by atoms with van der Waals surface area (Å²) in [7, 11) is -2.52. The van der Waals surface area contributed by atoms with Crippen LogP contribution in [0.4, 0.5) is 0 Å². The van der Waals surface area contributed by atoms with Gasteiger partial charge in [0.1, 0.15) is 19.1 Å². The predicted octanol–water partition coefficient (Wildman–Crippen LogP) is 9.69. The molecule has 4 aromatic carbocycles. The Labute approximate surface area is 241 Å². The summed E-state index contributed by atoms with van der Waals surface area (Å²) in [6, 6.07) is 35.8. The van der Waals surface area contributed by atoms with Crippen molar-refractivity contribution < 1.29 is 8.83 Å². The lowest BCUT2D eigenvalue weighted by Gasteiger charge is -2.29. The Morgan fingerprint density at radius 2 is 0.976 bits per heavy atom. The molecule has 0 amide bonds. The number of hydrogen-bond acceptors (Lipinski definition) is 4. The van der Waals surface area contributed by atoms with Gasteiger partial charge in [0, 0.05) is 10.4 Å². The molecule has 0 saturated carbocycles. The number of oxazole rings is 2. The number of aromatic nitrogens is 2. The topological polar surface area (TPSA) is 52.1 Å². The number of fused-ring (bicyclic) bond motifs is 2. The molecule has 0 N–H and O–H groups in total. The molecule has 3 heterocycles. The molecule has 4 nitrogen and oxygen atoms in total. The van der Waals surface area contributed by atoms with Gasteiger partial charge >= 0.3 is 0 Å². The van der Waals surface area contributed by atoms with Gasteiger partial charge in [0.15, 0.2) is 11.2 Å². The van der Waals surface area contributed by atoms with Crippen molar-refractivity contribution in [1.82, 2.24) is 9.97 Å². The van der Waals surface area contributed by atoms with Crippen LogP contribution in [0, 0.1) is 13.8 Å². The SMILES string of the molecule is CC[Si]1(CC)C(c2nc3cc(C)ccc3o2)=C(c2ccccc2)C(c2ccccc2)=C1c1nc2cc(C)ccc2o1. The van der Waals surface area contributed by atoms with E-state index in [2.05, 4.69) is 113 Å². The normalized spacial score (nSPS) is 15.0. The molecule has 0 bridgehead atoms. The van der Waals surface area contributed by atoms with Gasteiger partial charge in [-0.15, -0.1) is 0 Å². The Kier molecular flexibility index (Phi) is 6.13. The first-order valence-electron chi connectivity index (χ1n) is 14.4. The first-order valence-corrected chi connectivity index (χ1v) is 16.8. The van der Waals surface area contributed by atoms with Crippen molar-refractivity contribution in [3.63, 3.8) is 0 Å². The zero-order valence-electron chi connectivity index (χ0n) is 23.9. The Morgan fingerprint density at radius 3 is 1.37 bits per heavy atom. The molecule has 0 unspecified atom stereocenters. The monoisotopic (exact) mass is 552 g/mol. The van der Waals surface area contributed by atoms with Gasteiger partial charge in [-0.25, -0.2) is 9.97 Å². The summed E-state index contributed by atoms with van der Waals surface area (Å²) in [5.41, 5.74) is 10.4. The van der Waals surface area contributed by atoms with E-state index >= 15 is 0 Å². The second-order valence-electron chi connectivity index (χ2n) is 11.0. The van der Waals surface area contributed by atoms with Crippen LogP contribution >= 0.6 is 0 Å². The molecule has 0 atom stereocenters. The lowest BCUT2D eigenvalue weighted by atomic mass is 9.91. The van der Waals surface area contributed by atoms with Crippen LogP contribution < -0.4 is 0 Å². The second-order valence-corrected chi connectivity index (χ2v) is 15.6. The van der Waals surface area contributed by atoms with Crippen LogP contribution in [-0.2, 0) is 0 Å². The third kappa shape index (κ3) is 4.03. The third-order valence-corrected chi connectivity index (χ3v) is 13.8. The summed E-state index contributed by atoms with van der Waals surface area (Å²) in [6.07, 6.45) is 0. The van der Waals surface area contributed by atoms with E-state index < -0.39 is 8.07 Å². The van der Waals surface area contributed by atoms with Crippen molar-refractivity contribution in [1.29, 1.82) is 0 Å². The molecule has 2 aromatic heterocycles. The molecular weight excluding hydrogens is 520 g/mol. The number of benzene rings is 4. The van der Waals surface area contributed by atoms with Gasteiger partial charge < -0.3 is 8.83 Å². The highest BCUT2D eigenvalue weighted by Gasteiger charge is 2.51. The van der Waals surface area contributed by atoms with Crippen molar-refractivity contribution in [2.75, 3.05) is 0 Å². The maximum atomic E-state index is 6.65. The van der Waals surface area contributed by atoms with Crippen molar-refractivity contribution >= 4 is 51.8 Å². The molecule has 0 radical (unpaired) electrons. The Morgan fingerprint density at radius 1 is 0.561 bits per heavy atom. The second kappa shape index (κ2) is 9.86. The molecule has 5 heteroatoms. The van der Waals surface area contributed by atoms with E-state index in [1.165, 1.54) is 32.7 Å². The summed E-state index contributed by atoms with van der Waals surface area (Å²) in [6.45, 7) is 8.81. The quantitative estimate of drug-likeness (QED) is 0.193. The predicted molar refractivity (Wildman–Crippen MR) is 171 cm³/mol. The number of nitrogens with zero attached hydrogens (tertiary/aromatic N) is 2. The van der Waals surface area contributed by atoms with Gasteiger partial charge in [0.05, 0.1) is 0 Å². The molecule has 41 heavy (non-hydrogen) atoms. The minimum Gasteiger partial charge on any atom is -0.437 e. The van der Waals surface area contributed by atoms with Gasteiger partial charge in [0.2, 0.25) is 11.8 Å². The number of aryl methyl sites for hydroxylation is 2. The Bertz CT molecular complexity index is 1830. The zero-order valence-corrected chi connectivity index (χ0v) is 24.9. The van der Waals surface area contributed by atoms with Gasteiger partial charge in [-0.3, -0.25) is 0 Å². The van der Waals surface area contributed by atoms with Gasteiger partial charge in [-0.1, -0.05) is 98.7 Å². The van der Waals surface area contributed by atoms with Crippen LogP contribution in [0.3, 0.4) is 0 Å². The molecule has 7 rings (SSSR count). The van der Waals surface area contributed by atoms with E-state index in [9.17, 15) is 0 Å². The lowest BCUT2D eigenvalue weighted by Crippen LogP contribution is -2.35. The molecule has 0 aliphatic carbocycles. The van der Waals surface area contributed by atoms with Crippen molar-refractivity contribution in [3.05, 3.63) is 131 Å². The van der Waals surface area contributed by atoms with Crippen molar-refractivity contribution in [3.8, 4) is 0 Å². The van der Waals surface area contributed by atoms with Crippen LogP contribution in [0.25, 0.3) is 43.7 Å². The fraction of sp³-hybridized carbons (Fsp3) is 0.167. The minimum atomic E-state index is -2.52. The minimum absolute atomic E-state index is 0.718.